The van der Waals surface area contributed by atoms with Crippen LogP contribution < -0.4 is 15.8 Å². The minimum atomic E-state index is 0.495. The number of rotatable bonds is 2. The molecule has 1 atom stereocenters. The average Bonchev–Trinajstić information content (AvgIpc) is 3.10. The van der Waals surface area contributed by atoms with Gasteiger partial charge in [0.1, 0.15) is 0 Å². The summed E-state index contributed by atoms with van der Waals surface area (Å²) in [6.07, 6.45) is 14.4. The van der Waals surface area contributed by atoms with Gasteiger partial charge >= 0.3 is 0 Å². The van der Waals surface area contributed by atoms with Crippen molar-refractivity contribution >= 4 is 35.9 Å². The molecule has 108 valence electrons. The molecule has 0 aromatic carbocycles. The summed E-state index contributed by atoms with van der Waals surface area (Å²) in [5, 5.41) is 3.98. The maximum Gasteiger partial charge on any atom is 0.0613 e. The fourth-order valence-electron chi connectivity index (χ4n) is 3.71. The lowest BCUT2D eigenvalue weighted by Crippen LogP contribution is -2.26. The van der Waals surface area contributed by atoms with Crippen LogP contribution in [0.25, 0.3) is 35.9 Å². The Bertz CT molecular complexity index is 920. The Morgan fingerprint density at radius 1 is 1.24 bits per heavy atom. The first-order valence-electron chi connectivity index (χ1n) is 7.83. The molecule has 21 heavy (non-hydrogen) atoms. The Morgan fingerprint density at radius 2 is 2.00 bits per heavy atom. The summed E-state index contributed by atoms with van der Waals surface area (Å²) in [5.41, 5.74) is 5.41. The van der Waals surface area contributed by atoms with Crippen molar-refractivity contribution in [3.05, 3.63) is 45.3 Å². The van der Waals surface area contributed by atoms with E-state index in [-0.39, 0.29) is 0 Å². The Kier molecular flexibility index (Phi) is 3.36. The van der Waals surface area contributed by atoms with Gasteiger partial charge in [-0.25, -0.2) is 0 Å². The molecule has 0 fully saturated rings. The van der Waals surface area contributed by atoms with Crippen LogP contribution in [0.1, 0.15) is 56.9 Å². The topological polar surface area (TPSA) is 4.41 Å². The third-order valence-electron chi connectivity index (χ3n) is 4.52. The second kappa shape index (κ2) is 5.07. The molecule has 0 aliphatic heterocycles. The summed E-state index contributed by atoms with van der Waals surface area (Å²) < 4.78 is 2.42. The van der Waals surface area contributed by atoms with E-state index in [2.05, 4.69) is 69.1 Å². The van der Waals surface area contributed by atoms with E-state index >= 15 is 0 Å². The van der Waals surface area contributed by atoms with Crippen molar-refractivity contribution in [2.45, 2.75) is 40.0 Å². The zero-order valence-electron chi connectivity index (χ0n) is 13.4. The van der Waals surface area contributed by atoms with Crippen LogP contribution in [0.5, 0.6) is 0 Å². The van der Waals surface area contributed by atoms with Crippen LogP contribution in [0.2, 0.25) is 0 Å². The predicted octanol–water partition coefficient (Wildman–Crippen LogP) is 3.22. The predicted molar refractivity (Wildman–Crippen MR) is 94.4 cm³/mol. The molecule has 0 amide bonds. The van der Waals surface area contributed by atoms with Crippen LogP contribution in [0.4, 0.5) is 0 Å². The normalized spacial score (nSPS) is 20.0. The molecule has 1 nitrogen and oxygen atoms in total. The fourth-order valence-corrected chi connectivity index (χ4v) is 3.71. The Labute approximate surface area is 126 Å². The van der Waals surface area contributed by atoms with Crippen molar-refractivity contribution in [1.29, 1.82) is 0 Å². The van der Waals surface area contributed by atoms with Crippen molar-refractivity contribution in [3.8, 4) is 0 Å². The third-order valence-corrected chi connectivity index (χ3v) is 4.52. The first-order chi connectivity index (χ1) is 10.2. The average molecular weight is 277 g/mol. The van der Waals surface area contributed by atoms with E-state index in [0.29, 0.717) is 5.92 Å². The van der Waals surface area contributed by atoms with Crippen LogP contribution in [0.3, 0.4) is 0 Å². The zero-order chi connectivity index (χ0) is 15.1. The lowest BCUT2D eigenvalue weighted by molar-refractivity contribution is 0.977. The lowest BCUT2D eigenvalue weighted by atomic mass is 10.0. The van der Waals surface area contributed by atoms with Gasteiger partial charge in [0, 0.05) is 27.3 Å². The summed E-state index contributed by atoms with van der Waals surface area (Å²) in [5.74, 6) is 0.495. The molecule has 0 N–H and O–H groups in total. The zero-order valence-corrected chi connectivity index (χ0v) is 13.4. The summed E-state index contributed by atoms with van der Waals surface area (Å²) in [6, 6.07) is 0. The van der Waals surface area contributed by atoms with Gasteiger partial charge in [0.2, 0.25) is 0 Å². The SMILES string of the molecule is C=Cc1c(=C/C)/c(=C\C)n2c3c(/c(=C/CC)c12)C(C)C=C3. The summed E-state index contributed by atoms with van der Waals surface area (Å²) in [6.45, 7) is 12.8. The quantitative estimate of drug-likeness (QED) is 0.794. The Balaban J connectivity index is 2.72. The van der Waals surface area contributed by atoms with Gasteiger partial charge in [0.05, 0.1) is 11.2 Å². The second-order valence-corrected chi connectivity index (χ2v) is 5.65. The van der Waals surface area contributed by atoms with E-state index in [9.17, 15) is 0 Å². The minimum absolute atomic E-state index is 0.495. The molecule has 0 saturated heterocycles. The van der Waals surface area contributed by atoms with Crippen LogP contribution >= 0.6 is 0 Å². The van der Waals surface area contributed by atoms with E-state index < -0.39 is 0 Å². The highest BCUT2D eigenvalue weighted by Crippen LogP contribution is 2.29. The van der Waals surface area contributed by atoms with Crippen LogP contribution in [0, 0.1) is 0 Å². The van der Waals surface area contributed by atoms with Crippen molar-refractivity contribution < 1.29 is 0 Å². The van der Waals surface area contributed by atoms with E-state index in [1.165, 1.54) is 38.1 Å². The van der Waals surface area contributed by atoms with Crippen LogP contribution in [0.15, 0.2) is 12.7 Å². The molecule has 2 aromatic rings. The van der Waals surface area contributed by atoms with Crippen molar-refractivity contribution in [2.75, 3.05) is 0 Å². The maximum absolute atomic E-state index is 4.06. The van der Waals surface area contributed by atoms with Gasteiger partial charge in [-0.05, 0) is 31.9 Å². The monoisotopic (exact) mass is 277 g/mol. The van der Waals surface area contributed by atoms with Gasteiger partial charge in [0.25, 0.3) is 0 Å². The van der Waals surface area contributed by atoms with Gasteiger partial charge in [-0.3, -0.25) is 0 Å². The van der Waals surface area contributed by atoms with E-state index in [4.69, 9.17) is 0 Å². The van der Waals surface area contributed by atoms with Crippen LogP contribution in [-0.4, -0.2) is 4.40 Å². The third kappa shape index (κ3) is 1.70. The molecule has 3 rings (SSSR count). The van der Waals surface area contributed by atoms with Crippen LogP contribution in [-0.2, 0) is 0 Å². The molecule has 2 aromatic heterocycles. The molecule has 0 bridgehead atoms. The Hall–Kier alpha value is -2.02. The number of fused-ring (bicyclic) bond motifs is 3. The molecule has 1 unspecified atom stereocenters. The fraction of sp³-hybridized carbons (Fsp3) is 0.300. The van der Waals surface area contributed by atoms with Gasteiger partial charge < -0.3 is 4.40 Å². The molecule has 0 radical (unpaired) electrons. The van der Waals surface area contributed by atoms with Gasteiger partial charge in [-0.2, -0.15) is 0 Å². The van der Waals surface area contributed by atoms with Gasteiger partial charge in [-0.15, -0.1) is 0 Å². The first kappa shape index (κ1) is 13.9. The number of allylic oxidation sites excluding steroid dienone is 1. The highest BCUT2D eigenvalue weighted by molar-refractivity contribution is 5.80. The number of hydrogen-bond donors (Lipinski definition) is 0. The molecule has 1 heteroatoms. The standard InChI is InChI=1S/C20H23N/c1-6-10-16-19-13(5)11-12-18(19)21-17(9-4)14(7-2)15(8-3)20(16)21/h7-13H,3,6H2,1-2,4-5H3/b14-7-,16-10-,17-9+. The van der Waals surface area contributed by atoms with E-state index in [1.54, 1.807) is 0 Å². The lowest BCUT2D eigenvalue weighted by Gasteiger charge is -2.00. The second-order valence-electron chi connectivity index (χ2n) is 5.65. The van der Waals surface area contributed by atoms with Crippen molar-refractivity contribution in [3.63, 3.8) is 0 Å². The van der Waals surface area contributed by atoms with E-state index in [1.807, 2.05) is 6.08 Å². The molecular weight excluding hydrogens is 254 g/mol. The molecule has 0 spiro atoms. The number of hydrogen-bond acceptors (Lipinski definition) is 0. The Morgan fingerprint density at radius 3 is 2.57 bits per heavy atom. The number of aromatic nitrogens is 1. The highest BCUT2D eigenvalue weighted by Gasteiger charge is 2.23. The summed E-state index contributed by atoms with van der Waals surface area (Å²) in [4.78, 5) is 0. The van der Waals surface area contributed by atoms with Crippen molar-refractivity contribution in [1.82, 2.24) is 4.40 Å². The van der Waals surface area contributed by atoms with Crippen molar-refractivity contribution in [2.24, 2.45) is 0 Å². The first-order valence-corrected chi connectivity index (χ1v) is 7.83. The van der Waals surface area contributed by atoms with E-state index in [0.717, 1.165) is 6.42 Å². The molecular formula is C20H23N. The molecule has 0 saturated carbocycles. The largest absolute Gasteiger partial charge is 0.309 e. The van der Waals surface area contributed by atoms with Gasteiger partial charge in [-0.1, -0.05) is 50.8 Å². The number of nitrogens with zero attached hydrogens (tertiary/aromatic N) is 1. The smallest absolute Gasteiger partial charge is 0.0613 e. The highest BCUT2D eigenvalue weighted by atomic mass is 14.9. The maximum atomic E-state index is 4.06. The molecule has 1 aliphatic rings. The summed E-state index contributed by atoms with van der Waals surface area (Å²) >= 11 is 0. The molecule has 2 heterocycles. The summed E-state index contributed by atoms with van der Waals surface area (Å²) in [7, 11) is 0. The molecule has 1 aliphatic carbocycles. The minimum Gasteiger partial charge on any atom is -0.309 e. The van der Waals surface area contributed by atoms with Gasteiger partial charge in [0.15, 0.2) is 0 Å².